The molecule has 96 valence electrons. The van der Waals surface area contributed by atoms with Crippen molar-refractivity contribution in [3.05, 3.63) is 0 Å². The molecule has 0 amide bonds. The minimum atomic E-state index is 0.762. The largest absolute Gasteiger partial charge is 0.311 e. The lowest BCUT2D eigenvalue weighted by Crippen LogP contribution is -2.45. The molecule has 1 N–H and O–H groups in total. The summed E-state index contributed by atoms with van der Waals surface area (Å²) in [5, 5.41) is 3.86. The van der Waals surface area contributed by atoms with Crippen LogP contribution in [0.3, 0.4) is 0 Å². The molecular formula is C14H30N2. The molecule has 0 aromatic rings. The van der Waals surface area contributed by atoms with Gasteiger partial charge in [-0.15, -0.1) is 0 Å². The summed E-state index contributed by atoms with van der Waals surface area (Å²) in [6.45, 7) is 10.7. The van der Waals surface area contributed by atoms with E-state index in [1.807, 2.05) is 0 Å². The van der Waals surface area contributed by atoms with Gasteiger partial charge in [0.1, 0.15) is 0 Å². The Labute approximate surface area is 102 Å². The molecule has 1 aliphatic rings. The Balaban J connectivity index is 2.20. The zero-order valence-electron chi connectivity index (χ0n) is 11.5. The Kier molecular flexibility index (Phi) is 7.06. The minimum absolute atomic E-state index is 0.762. The average molecular weight is 226 g/mol. The van der Waals surface area contributed by atoms with E-state index in [1.165, 1.54) is 58.2 Å². The van der Waals surface area contributed by atoms with Gasteiger partial charge in [0.25, 0.3) is 0 Å². The number of rotatable bonds is 7. The molecular weight excluding hydrogens is 196 g/mol. The molecule has 1 heterocycles. The second-order valence-electron chi connectivity index (χ2n) is 5.12. The van der Waals surface area contributed by atoms with Gasteiger partial charge in [-0.25, -0.2) is 0 Å². The molecule has 1 fully saturated rings. The molecule has 1 aliphatic heterocycles. The topological polar surface area (TPSA) is 15.3 Å². The number of hydrogen-bond donors (Lipinski definition) is 1. The van der Waals surface area contributed by atoms with Gasteiger partial charge in [0.15, 0.2) is 0 Å². The maximum atomic E-state index is 3.86. The van der Waals surface area contributed by atoms with E-state index >= 15 is 0 Å². The Morgan fingerprint density at radius 3 is 2.38 bits per heavy atom. The molecule has 16 heavy (non-hydrogen) atoms. The van der Waals surface area contributed by atoms with E-state index in [1.54, 1.807) is 0 Å². The smallest absolute Gasteiger partial charge is 0.00939 e. The van der Waals surface area contributed by atoms with Crippen LogP contribution in [0, 0.1) is 0 Å². The van der Waals surface area contributed by atoms with Crippen molar-refractivity contribution in [2.45, 2.75) is 71.4 Å². The fourth-order valence-electron chi connectivity index (χ4n) is 2.61. The highest BCUT2D eigenvalue weighted by Gasteiger charge is 2.19. The number of unbranched alkanes of at least 4 members (excludes halogenated alkanes) is 1. The molecule has 1 saturated heterocycles. The fourth-order valence-corrected chi connectivity index (χ4v) is 2.61. The van der Waals surface area contributed by atoms with E-state index in [2.05, 4.69) is 31.0 Å². The van der Waals surface area contributed by atoms with E-state index in [-0.39, 0.29) is 0 Å². The Bertz CT molecular complexity index is 162. The molecule has 0 aliphatic carbocycles. The van der Waals surface area contributed by atoms with Gasteiger partial charge in [-0.3, -0.25) is 0 Å². The normalized spacial score (nSPS) is 21.2. The van der Waals surface area contributed by atoms with Crippen LogP contribution in [0.25, 0.3) is 0 Å². The molecule has 1 rings (SSSR count). The van der Waals surface area contributed by atoms with Crippen LogP contribution < -0.4 is 5.32 Å². The summed E-state index contributed by atoms with van der Waals surface area (Å²) in [7, 11) is 0. The van der Waals surface area contributed by atoms with Crippen LogP contribution in [0.15, 0.2) is 0 Å². The van der Waals surface area contributed by atoms with Gasteiger partial charge in [0.05, 0.1) is 0 Å². The fraction of sp³-hybridized carbons (Fsp3) is 1.00. The Morgan fingerprint density at radius 2 is 1.88 bits per heavy atom. The first-order chi connectivity index (χ1) is 7.80. The molecule has 1 atom stereocenters. The zero-order valence-corrected chi connectivity index (χ0v) is 11.5. The number of nitrogens with one attached hydrogen (secondary N) is 1. The van der Waals surface area contributed by atoms with E-state index in [0.717, 1.165) is 12.1 Å². The van der Waals surface area contributed by atoms with Gasteiger partial charge >= 0.3 is 0 Å². The van der Waals surface area contributed by atoms with E-state index in [0.29, 0.717) is 0 Å². The molecule has 0 spiro atoms. The van der Waals surface area contributed by atoms with Crippen LogP contribution >= 0.6 is 0 Å². The average Bonchev–Trinajstić information content (AvgIpc) is 2.35. The molecule has 0 aromatic heterocycles. The van der Waals surface area contributed by atoms with Crippen molar-refractivity contribution in [1.82, 2.24) is 10.2 Å². The summed E-state index contributed by atoms with van der Waals surface area (Å²) in [6.07, 6.45) is 8.04. The van der Waals surface area contributed by atoms with Gasteiger partial charge in [0, 0.05) is 12.1 Å². The van der Waals surface area contributed by atoms with Gasteiger partial charge in [-0.2, -0.15) is 0 Å². The molecule has 0 saturated carbocycles. The quantitative estimate of drug-likeness (QED) is 0.718. The lowest BCUT2D eigenvalue weighted by molar-refractivity contribution is 0.196. The SMILES string of the molecule is CCCCC(CC)NC1CCN(CC)CC1. The minimum Gasteiger partial charge on any atom is -0.311 e. The first kappa shape index (κ1) is 14.0. The maximum absolute atomic E-state index is 3.86. The third-order valence-corrected chi connectivity index (χ3v) is 3.91. The highest BCUT2D eigenvalue weighted by molar-refractivity contribution is 4.79. The summed E-state index contributed by atoms with van der Waals surface area (Å²) in [5.74, 6) is 0. The molecule has 2 heteroatoms. The van der Waals surface area contributed by atoms with E-state index < -0.39 is 0 Å². The Morgan fingerprint density at radius 1 is 1.19 bits per heavy atom. The summed E-state index contributed by atoms with van der Waals surface area (Å²) >= 11 is 0. The van der Waals surface area contributed by atoms with Gasteiger partial charge in [-0.05, 0) is 45.3 Å². The standard InChI is InChI=1S/C14H30N2/c1-4-7-8-13(5-2)15-14-9-11-16(6-3)12-10-14/h13-15H,4-12H2,1-3H3. The number of nitrogens with zero attached hydrogens (tertiary/aromatic N) is 1. The molecule has 1 unspecified atom stereocenters. The van der Waals surface area contributed by atoms with Crippen molar-refractivity contribution in [2.75, 3.05) is 19.6 Å². The van der Waals surface area contributed by atoms with Crippen molar-refractivity contribution in [3.63, 3.8) is 0 Å². The van der Waals surface area contributed by atoms with Crippen LogP contribution in [0.5, 0.6) is 0 Å². The summed E-state index contributed by atoms with van der Waals surface area (Å²) in [5.41, 5.74) is 0. The Hall–Kier alpha value is -0.0800. The monoisotopic (exact) mass is 226 g/mol. The molecule has 2 nitrogen and oxygen atoms in total. The summed E-state index contributed by atoms with van der Waals surface area (Å²) in [4.78, 5) is 2.56. The highest BCUT2D eigenvalue weighted by Crippen LogP contribution is 2.13. The van der Waals surface area contributed by atoms with Crippen molar-refractivity contribution in [1.29, 1.82) is 0 Å². The van der Waals surface area contributed by atoms with Crippen molar-refractivity contribution in [3.8, 4) is 0 Å². The van der Waals surface area contributed by atoms with Crippen LogP contribution in [-0.4, -0.2) is 36.6 Å². The van der Waals surface area contributed by atoms with E-state index in [9.17, 15) is 0 Å². The molecule has 0 radical (unpaired) electrons. The zero-order chi connectivity index (χ0) is 11.8. The maximum Gasteiger partial charge on any atom is 0.00939 e. The van der Waals surface area contributed by atoms with E-state index in [4.69, 9.17) is 0 Å². The van der Waals surface area contributed by atoms with Crippen LogP contribution in [0.2, 0.25) is 0 Å². The third-order valence-electron chi connectivity index (χ3n) is 3.91. The van der Waals surface area contributed by atoms with Crippen molar-refractivity contribution < 1.29 is 0 Å². The first-order valence-corrected chi connectivity index (χ1v) is 7.28. The lowest BCUT2D eigenvalue weighted by atomic mass is 10.0. The molecule has 0 aromatic carbocycles. The predicted octanol–water partition coefficient (Wildman–Crippen LogP) is 3.03. The predicted molar refractivity (Wildman–Crippen MR) is 71.9 cm³/mol. The van der Waals surface area contributed by atoms with Crippen LogP contribution in [0.1, 0.15) is 59.3 Å². The second kappa shape index (κ2) is 8.08. The lowest BCUT2D eigenvalue weighted by Gasteiger charge is -2.33. The third kappa shape index (κ3) is 4.84. The van der Waals surface area contributed by atoms with Gasteiger partial charge in [-0.1, -0.05) is 33.6 Å². The van der Waals surface area contributed by atoms with Gasteiger partial charge < -0.3 is 10.2 Å². The molecule has 0 bridgehead atoms. The van der Waals surface area contributed by atoms with Crippen LogP contribution in [0.4, 0.5) is 0 Å². The van der Waals surface area contributed by atoms with Crippen LogP contribution in [-0.2, 0) is 0 Å². The first-order valence-electron chi connectivity index (χ1n) is 7.28. The second-order valence-corrected chi connectivity index (χ2v) is 5.12. The number of likely N-dealkylation sites (tertiary alicyclic amines) is 1. The summed E-state index contributed by atoms with van der Waals surface area (Å²) < 4.78 is 0. The van der Waals surface area contributed by atoms with Gasteiger partial charge in [0.2, 0.25) is 0 Å². The van der Waals surface area contributed by atoms with Crippen molar-refractivity contribution in [2.24, 2.45) is 0 Å². The number of hydrogen-bond acceptors (Lipinski definition) is 2. The number of piperidine rings is 1. The van der Waals surface area contributed by atoms with Crippen molar-refractivity contribution >= 4 is 0 Å². The summed E-state index contributed by atoms with van der Waals surface area (Å²) in [6, 6.07) is 1.54. The highest BCUT2D eigenvalue weighted by atomic mass is 15.1.